The minimum atomic E-state index is -0.145. The van der Waals surface area contributed by atoms with Crippen molar-refractivity contribution in [3.8, 4) is 0 Å². The molecule has 0 bridgehead atoms. The van der Waals surface area contributed by atoms with E-state index in [1.165, 1.54) is 34.8 Å². The first-order valence-electron chi connectivity index (χ1n) is 6.81. The van der Waals surface area contributed by atoms with Gasteiger partial charge in [0.1, 0.15) is 5.01 Å². The first-order chi connectivity index (χ1) is 8.05. The van der Waals surface area contributed by atoms with Crippen molar-refractivity contribution in [1.82, 2.24) is 4.98 Å². The SMILES string of the molecule is CCc1nc(C2(N)CCCC(C)CC2)sc1C. The highest BCUT2D eigenvalue weighted by Crippen LogP contribution is 2.38. The molecule has 2 N–H and O–H groups in total. The van der Waals surface area contributed by atoms with Crippen LogP contribution in [0.3, 0.4) is 0 Å². The van der Waals surface area contributed by atoms with Crippen LogP contribution in [0.25, 0.3) is 0 Å². The van der Waals surface area contributed by atoms with Gasteiger partial charge >= 0.3 is 0 Å². The summed E-state index contributed by atoms with van der Waals surface area (Å²) in [6, 6.07) is 0. The van der Waals surface area contributed by atoms with Gasteiger partial charge in [-0.3, -0.25) is 0 Å². The number of thiazole rings is 1. The second-order valence-corrected chi connectivity index (χ2v) is 6.77. The summed E-state index contributed by atoms with van der Waals surface area (Å²) in [5.74, 6) is 0.826. The number of aromatic nitrogens is 1. The summed E-state index contributed by atoms with van der Waals surface area (Å²) in [6.07, 6.45) is 7.05. The minimum absolute atomic E-state index is 0.145. The van der Waals surface area contributed by atoms with E-state index in [-0.39, 0.29) is 5.54 Å². The molecule has 1 heterocycles. The van der Waals surface area contributed by atoms with Crippen molar-refractivity contribution in [2.45, 2.75) is 64.8 Å². The summed E-state index contributed by atoms with van der Waals surface area (Å²) < 4.78 is 0. The van der Waals surface area contributed by atoms with Crippen LogP contribution in [0.4, 0.5) is 0 Å². The molecule has 1 saturated carbocycles. The molecule has 1 aromatic heterocycles. The maximum Gasteiger partial charge on any atom is 0.113 e. The van der Waals surface area contributed by atoms with Gasteiger partial charge in [0.2, 0.25) is 0 Å². The van der Waals surface area contributed by atoms with Crippen LogP contribution >= 0.6 is 11.3 Å². The molecule has 0 radical (unpaired) electrons. The van der Waals surface area contributed by atoms with E-state index in [1.807, 2.05) is 11.3 Å². The number of nitrogens with zero attached hydrogens (tertiary/aromatic N) is 1. The zero-order valence-electron chi connectivity index (χ0n) is 11.3. The summed E-state index contributed by atoms with van der Waals surface area (Å²) in [5.41, 5.74) is 7.72. The summed E-state index contributed by atoms with van der Waals surface area (Å²) in [7, 11) is 0. The highest BCUT2D eigenvalue weighted by atomic mass is 32.1. The van der Waals surface area contributed by atoms with Gasteiger partial charge in [-0.25, -0.2) is 4.98 Å². The summed E-state index contributed by atoms with van der Waals surface area (Å²) in [5, 5.41) is 1.18. The van der Waals surface area contributed by atoms with E-state index in [0.29, 0.717) is 0 Å². The average Bonchev–Trinajstić information content (AvgIpc) is 2.59. The quantitative estimate of drug-likeness (QED) is 0.814. The fraction of sp³-hybridized carbons (Fsp3) is 0.786. The normalized spacial score (nSPS) is 30.2. The largest absolute Gasteiger partial charge is 0.319 e. The first-order valence-corrected chi connectivity index (χ1v) is 7.62. The van der Waals surface area contributed by atoms with Crippen molar-refractivity contribution in [2.24, 2.45) is 11.7 Å². The lowest BCUT2D eigenvalue weighted by atomic mass is 9.92. The van der Waals surface area contributed by atoms with Gasteiger partial charge in [-0.1, -0.05) is 26.7 Å². The van der Waals surface area contributed by atoms with E-state index >= 15 is 0 Å². The Hall–Kier alpha value is -0.410. The minimum Gasteiger partial charge on any atom is -0.319 e. The Labute approximate surface area is 109 Å². The van der Waals surface area contributed by atoms with Crippen molar-refractivity contribution < 1.29 is 0 Å². The fourth-order valence-corrected chi connectivity index (χ4v) is 3.88. The summed E-state index contributed by atoms with van der Waals surface area (Å²) in [4.78, 5) is 6.14. The van der Waals surface area contributed by atoms with Crippen LogP contribution in [-0.4, -0.2) is 4.98 Å². The van der Waals surface area contributed by atoms with Gasteiger partial charge in [0, 0.05) is 4.88 Å². The highest BCUT2D eigenvalue weighted by molar-refractivity contribution is 7.11. The molecule has 2 unspecified atom stereocenters. The van der Waals surface area contributed by atoms with Gasteiger partial charge < -0.3 is 5.73 Å². The lowest BCUT2D eigenvalue weighted by Crippen LogP contribution is -2.36. The molecule has 1 fully saturated rings. The third-order valence-corrected chi connectivity index (χ3v) is 5.29. The van der Waals surface area contributed by atoms with Crippen LogP contribution in [-0.2, 0) is 12.0 Å². The van der Waals surface area contributed by atoms with E-state index < -0.39 is 0 Å². The van der Waals surface area contributed by atoms with Gasteiger partial charge in [-0.05, 0) is 38.5 Å². The van der Waals surface area contributed by atoms with Crippen LogP contribution in [0.15, 0.2) is 0 Å². The first kappa shape index (κ1) is 13.0. The van der Waals surface area contributed by atoms with Crippen LogP contribution in [0.1, 0.15) is 61.5 Å². The van der Waals surface area contributed by atoms with Gasteiger partial charge in [0.25, 0.3) is 0 Å². The van der Waals surface area contributed by atoms with E-state index in [4.69, 9.17) is 10.7 Å². The predicted molar refractivity (Wildman–Crippen MR) is 74.3 cm³/mol. The Kier molecular flexibility index (Phi) is 3.88. The summed E-state index contributed by atoms with van der Waals surface area (Å²) in [6.45, 7) is 6.68. The molecule has 0 aromatic carbocycles. The number of hydrogen-bond donors (Lipinski definition) is 1. The van der Waals surface area contributed by atoms with Crippen LogP contribution in [0.5, 0.6) is 0 Å². The number of hydrogen-bond acceptors (Lipinski definition) is 3. The van der Waals surface area contributed by atoms with Crippen LogP contribution in [0, 0.1) is 12.8 Å². The number of aryl methyl sites for hydroxylation is 2. The molecule has 1 aliphatic rings. The molecule has 0 saturated heterocycles. The lowest BCUT2D eigenvalue weighted by molar-refractivity contribution is 0.376. The van der Waals surface area contributed by atoms with E-state index in [1.54, 1.807) is 0 Å². The van der Waals surface area contributed by atoms with Crippen LogP contribution < -0.4 is 5.73 Å². The van der Waals surface area contributed by atoms with Crippen molar-refractivity contribution in [1.29, 1.82) is 0 Å². The van der Waals surface area contributed by atoms with Crippen molar-refractivity contribution in [3.63, 3.8) is 0 Å². The molecule has 2 nitrogen and oxygen atoms in total. The Bertz CT molecular complexity index is 386. The third kappa shape index (κ3) is 2.71. The van der Waals surface area contributed by atoms with Crippen molar-refractivity contribution >= 4 is 11.3 Å². The zero-order chi connectivity index (χ0) is 12.5. The topological polar surface area (TPSA) is 38.9 Å². The van der Waals surface area contributed by atoms with Gasteiger partial charge in [0.05, 0.1) is 11.2 Å². The smallest absolute Gasteiger partial charge is 0.113 e. The second kappa shape index (κ2) is 5.07. The maximum atomic E-state index is 6.63. The molecule has 2 atom stereocenters. The molecule has 1 aliphatic carbocycles. The number of nitrogens with two attached hydrogens (primary N) is 1. The molecule has 3 heteroatoms. The molecule has 17 heavy (non-hydrogen) atoms. The number of rotatable bonds is 2. The van der Waals surface area contributed by atoms with Crippen molar-refractivity contribution in [3.05, 3.63) is 15.6 Å². The van der Waals surface area contributed by atoms with E-state index in [2.05, 4.69) is 20.8 Å². The lowest BCUT2D eigenvalue weighted by Gasteiger charge is -2.25. The fourth-order valence-electron chi connectivity index (χ4n) is 2.72. The van der Waals surface area contributed by atoms with Crippen LogP contribution in [0.2, 0.25) is 0 Å². The Morgan fingerprint density at radius 2 is 2.18 bits per heavy atom. The Balaban J connectivity index is 2.23. The molecule has 96 valence electrons. The standard InChI is InChI=1S/C14H24N2S/c1-4-12-11(3)17-13(16-12)14(15)8-5-6-10(2)7-9-14/h10H,4-9,15H2,1-3H3. The summed E-state index contributed by atoms with van der Waals surface area (Å²) >= 11 is 1.82. The van der Waals surface area contributed by atoms with E-state index in [9.17, 15) is 0 Å². The molecular weight excluding hydrogens is 228 g/mol. The van der Waals surface area contributed by atoms with E-state index in [0.717, 1.165) is 25.2 Å². The van der Waals surface area contributed by atoms with Gasteiger partial charge in [0.15, 0.2) is 0 Å². The highest BCUT2D eigenvalue weighted by Gasteiger charge is 2.33. The predicted octanol–water partition coefficient (Wildman–Crippen LogP) is 3.77. The Morgan fingerprint density at radius 3 is 2.82 bits per heavy atom. The second-order valence-electron chi connectivity index (χ2n) is 5.57. The monoisotopic (exact) mass is 252 g/mol. The molecule has 2 rings (SSSR count). The molecular formula is C14H24N2S. The molecule has 0 amide bonds. The molecule has 0 aliphatic heterocycles. The van der Waals surface area contributed by atoms with Gasteiger partial charge in [-0.15, -0.1) is 11.3 Å². The average molecular weight is 252 g/mol. The molecule has 1 aromatic rings. The molecule has 0 spiro atoms. The third-order valence-electron chi connectivity index (χ3n) is 4.06. The zero-order valence-corrected chi connectivity index (χ0v) is 12.1. The van der Waals surface area contributed by atoms with Gasteiger partial charge in [-0.2, -0.15) is 0 Å². The Morgan fingerprint density at radius 1 is 1.41 bits per heavy atom. The van der Waals surface area contributed by atoms with Crippen molar-refractivity contribution in [2.75, 3.05) is 0 Å². The maximum absolute atomic E-state index is 6.63.